The molecule has 0 N–H and O–H groups in total. The zero-order valence-corrected chi connectivity index (χ0v) is 15.0. The van der Waals surface area contributed by atoms with Gasteiger partial charge in [0.1, 0.15) is 0 Å². The molecule has 2 bridgehead atoms. The highest BCUT2D eigenvalue weighted by Crippen LogP contribution is 2.42. The fourth-order valence-electron chi connectivity index (χ4n) is 4.99. The second-order valence-electron chi connectivity index (χ2n) is 7.90. The van der Waals surface area contributed by atoms with Gasteiger partial charge in [0.15, 0.2) is 0 Å². The fraction of sp³-hybridized carbons (Fsp3) is 0.391. The number of hydrogen-bond acceptors (Lipinski definition) is 1. The number of hydrogen-bond donors (Lipinski definition) is 0. The molecule has 0 spiro atoms. The summed E-state index contributed by atoms with van der Waals surface area (Å²) in [6.07, 6.45) is 5.22. The van der Waals surface area contributed by atoms with E-state index >= 15 is 0 Å². The summed E-state index contributed by atoms with van der Waals surface area (Å²) >= 11 is 0. The maximum absolute atomic E-state index is 2.66. The SMILES string of the molecule is Cc1ccccc1Cn1cc(C2CN3CCC2CC3)c2ccccc21. The third kappa shape index (κ3) is 2.60. The van der Waals surface area contributed by atoms with Gasteiger partial charge in [-0.15, -0.1) is 0 Å². The maximum atomic E-state index is 2.66. The molecule has 1 aromatic heterocycles. The van der Waals surface area contributed by atoms with Crippen LogP contribution in [-0.2, 0) is 6.54 Å². The molecule has 6 rings (SSSR count). The summed E-state index contributed by atoms with van der Waals surface area (Å²) in [4.78, 5) is 2.66. The van der Waals surface area contributed by atoms with Crippen LogP contribution in [0.25, 0.3) is 10.9 Å². The predicted molar refractivity (Wildman–Crippen MR) is 104 cm³/mol. The van der Waals surface area contributed by atoms with Crippen molar-refractivity contribution in [2.45, 2.75) is 32.2 Å². The van der Waals surface area contributed by atoms with E-state index in [-0.39, 0.29) is 0 Å². The van der Waals surface area contributed by atoms with Gasteiger partial charge in [0, 0.05) is 36.1 Å². The number of piperidine rings is 3. The highest BCUT2D eigenvalue weighted by atomic mass is 15.1. The summed E-state index contributed by atoms with van der Waals surface area (Å²) in [6.45, 7) is 7.05. The Balaban J connectivity index is 1.58. The Bertz CT molecular complexity index is 899. The first kappa shape index (κ1) is 15.2. The second kappa shape index (κ2) is 6.03. The minimum atomic E-state index is 0.713. The first-order valence-corrected chi connectivity index (χ1v) is 9.64. The van der Waals surface area contributed by atoms with E-state index in [0.29, 0.717) is 5.92 Å². The Hall–Kier alpha value is -2.06. The van der Waals surface area contributed by atoms with Gasteiger partial charge in [0.05, 0.1) is 0 Å². The molecule has 2 aromatic carbocycles. The topological polar surface area (TPSA) is 8.17 Å². The van der Waals surface area contributed by atoms with Crippen molar-refractivity contribution < 1.29 is 0 Å². The summed E-state index contributed by atoms with van der Waals surface area (Å²) in [7, 11) is 0. The third-order valence-corrected chi connectivity index (χ3v) is 6.48. The van der Waals surface area contributed by atoms with E-state index in [4.69, 9.17) is 0 Å². The smallest absolute Gasteiger partial charge is 0.0486 e. The molecule has 0 radical (unpaired) electrons. The Kier molecular flexibility index (Phi) is 3.67. The van der Waals surface area contributed by atoms with Crippen molar-refractivity contribution >= 4 is 10.9 Å². The first-order valence-electron chi connectivity index (χ1n) is 9.64. The molecule has 3 fully saturated rings. The number of fused-ring (bicyclic) bond motifs is 4. The normalized spacial score (nSPS) is 25.6. The van der Waals surface area contributed by atoms with Crippen LogP contribution < -0.4 is 0 Å². The van der Waals surface area contributed by atoms with Crippen LogP contribution in [0, 0.1) is 12.8 Å². The molecule has 2 heteroatoms. The number of rotatable bonds is 3. The van der Waals surface area contributed by atoms with Crippen LogP contribution in [0.3, 0.4) is 0 Å². The lowest BCUT2D eigenvalue weighted by Crippen LogP contribution is -2.46. The van der Waals surface area contributed by atoms with Gasteiger partial charge in [-0.3, -0.25) is 0 Å². The highest BCUT2D eigenvalue weighted by molar-refractivity contribution is 5.84. The van der Waals surface area contributed by atoms with Gasteiger partial charge >= 0.3 is 0 Å². The molecular weight excluding hydrogens is 304 g/mol. The number of para-hydroxylation sites is 1. The van der Waals surface area contributed by atoms with Gasteiger partial charge in [0.2, 0.25) is 0 Å². The van der Waals surface area contributed by atoms with E-state index in [2.05, 4.69) is 71.1 Å². The van der Waals surface area contributed by atoms with Gasteiger partial charge in [0.25, 0.3) is 0 Å². The van der Waals surface area contributed by atoms with Gasteiger partial charge < -0.3 is 9.47 Å². The average Bonchev–Trinajstić information content (AvgIpc) is 3.03. The molecule has 4 heterocycles. The molecule has 0 saturated carbocycles. The average molecular weight is 330 g/mol. The van der Waals surface area contributed by atoms with Crippen LogP contribution in [0.15, 0.2) is 54.7 Å². The molecule has 1 atom stereocenters. The molecule has 0 amide bonds. The number of aryl methyl sites for hydroxylation is 1. The standard InChI is InChI=1S/C23H26N2/c1-17-6-2-3-7-19(17)14-25-16-22(20-8-4-5-9-23(20)25)21-15-24-12-10-18(21)11-13-24/h2-9,16,18,21H,10-15H2,1H3. The Morgan fingerprint density at radius 2 is 1.72 bits per heavy atom. The lowest BCUT2D eigenvalue weighted by Gasteiger charge is -2.44. The lowest BCUT2D eigenvalue weighted by atomic mass is 9.75. The number of benzene rings is 2. The Morgan fingerprint density at radius 3 is 2.48 bits per heavy atom. The zero-order chi connectivity index (χ0) is 16.8. The van der Waals surface area contributed by atoms with Crippen molar-refractivity contribution in [1.29, 1.82) is 0 Å². The zero-order valence-electron chi connectivity index (χ0n) is 15.0. The summed E-state index contributed by atoms with van der Waals surface area (Å²) in [6, 6.07) is 17.8. The molecule has 3 aliphatic rings. The molecule has 25 heavy (non-hydrogen) atoms. The van der Waals surface area contributed by atoms with E-state index in [9.17, 15) is 0 Å². The number of aromatic nitrogens is 1. The largest absolute Gasteiger partial charge is 0.343 e. The summed E-state index contributed by atoms with van der Waals surface area (Å²) in [5, 5.41) is 1.47. The molecule has 3 aliphatic heterocycles. The first-order chi connectivity index (χ1) is 12.3. The fourth-order valence-corrected chi connectivity index (χ4v) is 4.99. The van der Waals surface area contributed by atoms with Crippen molar-refractivity contribution in [3.63, 3.8) is 0 Å². The van der Waals surface area contributed by atoms with Crippen LogP contribution in [0.4, 0.5) is 0 Å². The second-order valence-corrected chi connectivity index (χ2v) is 7.90. The van der Waals surface area contributed by atoms with Crippen molar-refractivity contribution in [2.75, 3.05) is 19.6 Å². The van der Waals surface area contributed by atoms with E-state index < -0.39 is 0 Å². The summed E-state index contributed by atoms with van der Waals surface area (Å²) in [5.41, 5.74) is 5.77. The molecule has 128 valence electrons. The van der Waals surface area contributed by atoms with E-state index in [1.54, 1.807) is 5.56 Å². The molecule has 3 aromatic rings. The number of nitrogens with zero attached hydrogens (tertiary/aromatic N) is 2. The quantitative estimate of drug-likeness (QED) is 0.669. The van der Waals surface area contributed by atoms with Gasteiger partial charge in [-0.2, -0.15) is 0 Å². The van der Waals surface area contributed by atoms with E-state index in [1.807, 2.05) is 0 Å². The van der Waals surface area contributed by atoms with Crippen LogP contribution in [-0.4, -0.2) is 29.1 Å². The monoisotopic (exact) mass is 330 g/mol. The van der Waals surface area contributed by atoms with Crippen LogP contribution >= 0.6 is 0 Å². The molecule has 0 aliphatic carbocycles. The molecule has 1 unspecified atom stereocenters. The van der Waals surface area contributed by atoms with Crippen molar-refractivity contribution in [2.24, 2.45) is 5.92 Å². The third-order valence-electron chi connectivity index (χ3n) is 6.48. The van der Waals surface area contributed by atoms with E-state index in [0.717, 1.165) is 12.5 Å². The summed E-state index contributed by atoms with van der Waals surface area (Å²) < 4.78 is 2.48. The van der Waals surface area contributed by atoms with Gasteiger partial charge in [-0.05, 0) is 61.5 Å². The van der Waals surface area contributed by atoms with Gasteiger partial charge in [-0.25, -0.2) is 0 Å². The molecular formula is C23H26N2. The molecule has 3 saturated heterocycles. The van der Waals surface area contributed by atoms with Crippen LogP contribution in [0.2, 0.25) is 0 Å². The summed E-state index contributed by atoms with van der Waals surface area (Å²) in [5.74, 6) is 1.59. The minimum absolute atomic E-state index is 0.713. The maximum Gasteiger partial charge on any atom is 0.0486 e. The predicted octanol–water partition coefficient (Wildman–Crippen LogP) is 4.81. The van der Waals surface area contributed by atoms with Crippen LogP contribution in [0.1, 0.15) is 35.4 Å². The van der Waals surface area contributed by atoms with Crippen molar-refractivity contribution in [3.05, 3.63) is 71.4 Å². The lowest BCUT2D eigenvalue weighted by molar-refractivity contribution is 0.0876. The highest BCUT2D eigenvalue weighted by Gasteiger charge is 2.36. The van der Waals surface area contributed by atoms with Crippen molar-refractivity contribution in [1.82, 2.24) is 9.47 Å². The minimum Gasteiger partial charge on any atom is -0.343 e. The Labute approximate surface area is 150 Å². The van der Waals surface area contributed by atoms with E-state index in [1.165, 1.54) is 54.5 Å². The van der Waals surface area contributed by atoms with Gasteiger partial charge in [-0.1, -0.05) is 42.5 Å². The molecule has 2 nitrogen and oxygen atoms in total. The Morgan fingerprint density at radius 1 is 0.960 bits per heavy atom. The van der Waals surface area contributed by atoms with Crippen LogP contribution in [0.5, 0.6) is 0 Å². The van der Waals surface area contributed by atoms with Crippen molar-refractivity contribution in [3.8, 4) is 0 Å².